The Morgan fingerprint density at radius 1 is 0.952 bits per heavy atom. The smallest absolute Gasteiger partial charge is 0.266 e. The first kappa shape index (κ1) is 13.2. The first-order chi connectivity index (χ1) is 9.99. The summed E-state index contributed by atoms with van der Waals surface area (Å²) in [6.45, 7) is 1.43. The van der Waals surface area contributed by atoms with E-state index in [4.69, 9.17) is 0 Å². The number of benzene rings is 2. The molecule has 0 saturated carbocycles. The first-order valence-electron chi connectivity index (χ1n) is 6.28. The fourth-order valence-electron chi connectivity index (χ4n) is 2.29. The van der Waals surface area contributed by atoms with Crippen molar-refractivity contribution in [3.05, 3.63) is 65.0 Å². The van der Waals surface area contributed by atoms with Crippen LogP contribution in [0.4, 0.5) is 10.1 Å². The monoisotopic (exact) mass is 283 g/mol. The number of rotatable bonds is 2. The number of ketones is 1. The quantitative estimate of drug-likeness (QED) is 0.629. The van der Waals surface area contributed by atoms with Crippen molar-refractivity contribution >= 4 is 23.3 Å². The van der Waals surface area contributed by atoms with Gasteiger partial charge >= 0.3 is 0 Å². The van der Waals surface area contributed by atoms with Crippen molar-refractivity contribution in [3.8, 4) is 0 Å². The molecule has 2 aromatic rings. The molecule has 1 aliphatic rings. The number of halogens is 1. The lowest BCUT2D eigenvalue weighted by atomic mass is 10.1. The van der Waals surface area contributed by atoms with E-state index in [1.165, 1.54) is 25.1 Å². The molecule has 0 aromatic heterocycles. The zero-order valence-electron chi connectivity index (χ0n) is 11.1. The summed E-state index contributed by atoms with van der Waals surface area (Å²) in [5.41, 5.74) is 1.07. The Balaban J connectivity index is 2.03. The van der Waals surface area contributed by atoms with Gasteiger partial charge in [-0.25, -0.2) is 9.29 Å². The van der Waals surface area contributed by atoms with Gasteiger partial charge in [0.15, 0.2) is 5.78 Å². The van der Waals surface area contributed by atoms with E-state index in [0.717, 1.165) is 17.0 Å². The molecule has 1 heterocycles. The Morgan fingerprint density at radius 2 is 1.57 bits per heavy atom. The van der Waals surface area contributed by atoms with Crippen molar-refractivity contribution in [2.45, 2.75) is 6.92 Å². The third kappa shape index (κ3) is 2.03. The molecule has 0 atom stereocenters. The second kappa shape index (κ2) is 4.63. The van der Waals surface area contributed by atoms with E-state index < -0.39 is 17.6 Å². The number of amides is 2. The minimum absolute atomic E-state index is 0.0515. The van der Waals surface area contributed by atoms with Crippen LogP contribution in [0.5, 0.6) is 0 Å². The molecule has 0 saturated heterocycles. The standard InChI is InChI=1S/C16H10FNO3/c1-9(19)10-2-5-12(6-3-10)18-15(20)13-7-4-11(17)8-14(13)16(18)21/h2-8H,1H3. The molecule has 104 valence electrons. The second-order valence-electron chi connectivity index (χ2n) is 4.74. The third-order valence-electron chi connectivity index (χ3n) is 3.38. The van der Waals surface area contributed by atoms with Crippen LogP contribution in [-0.4, -0.2) is 17.6 Å². The zero-order valence-corrected chi connectivity index (χ0v) is 11.1. The summed E-state index contributed by atoms with van der Waals surface area (Å²) >= 11 is 0. The van der Waals surface area contributed by atoms with Gasteiger partial charge in [-0.05, 0) is 49.4 Å². The maximum Gasteiger partial charge on any atom is 0.266 e. The lowest BCUT2D eigenvalue weighted by Crippen LogP contribution is -2.29. The summed E-state index contributed by atoms with van der Waals surface area (Å²) in [4.78, 5) is 36.7. The molecule has 0 fully saturated rings. The highest BCUT2D eigenvalue weighted by Gasteiger charge is 2.36. The Bertz CT molecular complexity index is 781. The molecule has 2 amide bonds. The molecule has 0 radical (unpaired) electrons. The fourth-order valence-corrected chi connectivity index (χ4v) is 2.29. The van der Waals surface area contributed by atoms with E-state index in [9.17, 15) is 18.8 Å². The number of anilines is 1. The highest BCUT2D eigenvalue weighted by atomic mass is 19.1. The number of Topliss-reactive ketones (excluding diaryl/α,β-unsaturated/α-hetero) is 1. The van der Waals surface area contributed by atoms with Gasteiger partial charge in [-0.2, -0.15) is 0 Å². The Labute approximate surface area is 119 Å². The van der Waals surface area contributed by atoms with Gasteiger partial charge in [0.1, 0.15) is 5.82 Å². The minimum atomic E-state index is -0.566. The fraction of sp³-hybridized carbons (Fsp3) is 0.0625. The molecule has 0 aliphatic carbocycles. The molecule has 0 bridgehead atoms. The van der Waals surface area contributed by atoms with Gasteiger partial charge in [-0.1, -0.05) is 0 Å². The minimum Gasteiger partial charge on any atom is -0.295 e. The van der Waals surface area contributed by atoms with Gasteiger partial charge in [0.25, 0.3) is 11.8 Å². The van der Waals surface area contributed by atoms with Crippen LogP contribution in [0.1, 0.15) is 38.0 Å². The first-order valence-corrected chi connectivity index (χ1v) is 6.28. The maximum absolute atomic E-state index is 13.2. The molecule has 5 heteroatoms. The van der Waals surface area contributed by atoms with Crippen molar-refractivity contribution in [3.63, 3.8) is 0 Å². The van der Waals surface area contributed by atoms with Crippen LogP contribution < -0.4 is 4.90 Å². The molecule has 21 heavy (non-hydrogen) atoms. The Kier molecular flexibility index (Phi) is 2.90. The average Bonchev–Trinajstić information content (AvgIpc) is 2.70. The van der Waals surface area contributed by atoms with E-state index in [-0.39, 0.29) is 16.9 Å². The van der Waals surface area contributed by atoms with E-state index in [1.54, 1.807) is 12.1 Å². The third-order valence-corrected chi connectivity index (χ3v) is 3.38. The van der Waals surface area contributed by atoms with Crippen LogP contribution >= 0.6 is 0 Å². The van der Waals surface area contributed by atoms with Crippen LogP contribution in [0, 0.1) is 5.82 Å². The number of nitrogens with zero attached hydrogens (tertiary/aromatic N) is 1. The van der Waals surface area contributed by atoms with Crippen LogP contribution in [0.3, 0.4) is 0 Å². The van der Waals surface area contributed by atoms with Gasteiger partial charge in [0.05, 0.1) is 16.8 Å². The predicted octanol–water partition coefficient (Wildman–Crippen LogP) is 2.83. The topological polar surface area (TPSA) is 54.5 Å². The molecule has 1 aliphatic heterocycles. The molecule has 3 rings (SSSR count). The summed E-state index contributed by atoms with van der Waals surface area (Å²) in [6.07, 6.45) is 0. The van der Waals surface area contributed by atoms with Gasteiger partial charge < -0.3 is 0 Å². The van der Waals surface area contributed by atoms with Crippen molar-refractivity contribution in [2.75, 3.05) is 4.90 Å². The molecule has 0 unspecified atom stereocenters. The van der Waals surface area contributed by atoms with Crippen LogP contribution in [-0.2, 0) is 0 Å². The summed E-state index contributed by atoms with van der Waals surface area (Å²) in [5, 5.41) is 0. The van der Waals surface area contributed by atoms with Gasteiger partial charge in [0.2, 0.25) is 0 Å². The number of imide groups is 1. The molecule has 4 nitrogen and oxygen atoms in total. The number of carbonyl (C=O) groups excluding carboxylic acids is 3. The number of hydrogen-bond donors (Lipinski definition) is 0. The lowest BCUT2D eigenvalue weighted by molar-refractivity contribution is 0.0925. The number of fused-ring (bicyclic) bond motifs is 1. The largest absolute Gasteiger partial charge is 0.295 e. The Morgan fingerprint density at radius 3 is 2.19 bits per heavy atom. The number of hydrogen-bond acceptors (Lipinski definition) is 3. The van der Waals surface area contributed by atoms with Crippen LogP contribution in [0.2, 0.25) is 0 Å². The van der Waals surface area contributed by atoms with E-state index in [2.05, 4.69) is 0 Å². The maximum atomic E-state index is 13.2. The number of carbonyl (C=O) groups is 3. The SMILES string of the molecule is CC(=O)c1ccc(N2C(=O)c3ccc(F)cc3C2=O)cc1. The molecule has 0 N–H and O–H groups in total. The summed E-state index contributed by atoms with van der Waals surface area (Å²) in [7, 11) is 0. The van der Waals surface area contributed by atoms with Gasteiger partial charge in [0, 0.05) is 5.56 Å². The van der Waals surface area contributed by atoms with Crippen LogP contribution in [0.15, 0.2) is 42.5 Å². The summed E-state index contributed by atoms with van der Waals surface area (Å²) in [6, 6.07) is 9.63. The average molecular weight is 283 g/mol. The van der Waals surface area contributed by atoms with Crippen LogP contribution in [0.25, 0.3) is 0 Å². The molecule has 0 spiro atoms. The van der Waals surface area contributed by atoms with Crippen molar-refractivity contribution in [2.24, 2.45) is 0 Å². The Hall–Kier alpha value is -2.82. The predicted molar refractivity (Wildman–Crippen MR) is 74.0 cm³/mol. The molecular formula is C16H10FNO3. The summed E-state index contributed by atoms with van der Waals surface area (Å²) < 4.78 is 13.2. The van der Waals surface area contributed by atoms with Crippen molar-refractivity contribution in [1.82, 2.24) is 0 Å². The highest BCUT2D eigenvalue weighted by Crippen LogP contribution is 2.29. The van der Waals surface area contributed by atoms with E-state index in [0.29, 0.717) is 11.3 Å². The summed E-state index contributed by atoms with van der Waals surface area (Å²) in [5.74, 6) is -1.73. The van der Waals surface area contributed by atoms with Gasteiger partial charge in [-0.3, -0.25) is 14.4 Å². The molecule has 2 aromatic carbocycles. The molecular weight excluding hydrogens is 273 g/mol. The second-order valence-corrected chi connectivity index (χ2v) is 4.74. The van der Waals surface area contributed by atoms with Gasteiger partial charge in [-0.15, -0.1) is 0 Å². The highest BCUT2D eigenvalue weighted by molar-refractivity contribution is 6.34. The van der Waals surface area contributed by atoms with Crippen molar-refractivity contribution < 1.29 is 18.8 Å². The van der Waals surface area contributed by atoms with Crippen molar-refractivity contribution in [1.29, 1.82) is 0 Å². The van der Waals surface area contributed by atoms with E-state index in [1.807, 2.05) is 0 Å². The normalized spacial score (nSPS) is 13.5. The lowest BCUT2D eigenvalue weighted by Gasteiger charge is -2.13. The zero-order chi connectivity index (χ0) is 15.1. The van der Waals surface area contributed by atoms with E-state index >= 15 is 0 Å².